The molecule has 0 heterocycles. The number of hydrogen-bond donors (Lipinski definition) is 2. The summed E-state index contributed by atoms with van der Waals surface area (Å²) < 4.78 is 46.2. The van der Waals surface area contributed by atoms with Gasteiger partial charge in [-0.15, -0.1) is 0 Å². The zero-order valence-corrected chi connectivity index (χ0v) is 14.8. The van der Waals surface area contributed by atoms with E-state index in [0.29, 0.717) is 0 Å². The first kappa shape index (κ1) is 20.7. The van der Waals surface area contributed by atoms with Gasteiger partial charge >= 0.3 is 0 Å². The highest BCUT2D eigenvalue weighted by molar-refractivity contribution is 6.32. The summed E-state index contributed by atoms with van der Waals surface area (Å²) >= 11 is 5.73. The molecule has 0 aliphatic heterocycles. The van der Waals surface area contributed by atoms with Crippen LogP contribution in [-0.4, -0.2) is 31.3 Å². The lowest BCUT2D eigenvalue weighted by Gasteiger charge is -2.30. The third-order valence-electron chi connectivity index (χ3n) is 4.02. The quantitative estimate of drug-likeness (QED) is 0.783. The molecule has 0 radical (unpaired) electrons. The van der Waals surface area contributed by atoms with Gasteiger partial charge in [0.15, 0.2) is 17.5 Å². The molecule has 0 fully saturated rings. The SMILES string of the molecule is COCC(CO)(C(=O)Nc1ccc(C#N)c(Cl)c1F)c1ccc(F)c(F)c1. The molecule has 9 heteroatoms. The molecule has 0 aliphatic carbocycles. The fourth-order valence-electron chi connectivity index (χ4n) is 2.50. The average molecular weight is 399 g/mol. The summed E-state index contributed by atoms with van der Waals surface area (Å²) in [7, 11) is 1.25. The Hall–Kier alpha value is -2.60. The Labute approximate surface area is 157 Å². The highest BCUT2D eigenvalue weighted by Crippen LogP contribution is 2.31. The Morgan fingerprint density at radius 1 is 1.30 bits per heavy atom. The molecule has 1 atom stereocenters. The molecule has 2 rings (SSSR count). The van der Waals surface area contributed by atoms with Gasteiger partial charge in [-0.25, -0.2) is 13.2 Å². The van der Waals surface area contributed by atoms with E-state index < -0.39 is 47.0 Å². The zero-order valence-electron chi connectivity index (χ0n) is 14.0. The van der Waals surface area contributed by atoms with E-state index in [1.165, 1.54) is 13.2 Å². The molecule has 0 aromatic heterocycles. The lowest BCUT2D eigenvalue weighted by molar-refractivity contribution is -0.125. The van der Waals surface area contributed by atoms with Crippen LogP contribution in [0, 0.1) is 28.8 Å². The fourth-order valence-corrected chi connectivity index (χ4v) is 2.71. The maximum Gasteiger partial charge on any atom is 0.239 e. The molecule has 2 aromatic carbocycles. The van der Waals surface area contributed by atoms with Crippen LogP contribution in [0.4, 0.5) is 18.9 Å². The number of nitriles is 1. The number of ether oxygens (including phenoxy) is 1. The van der Waals surface area contributed by atoms with E-state index in [0.717, 1.165) is 24.3 Å². The Morgan fingerprint density at radius 3 is 2.56 bits per heavy atom. The van der Waals surface area contributed by atoms with Crippen molar-refractivity contribution >= 4 is 23.2 Å². The van der Waals surface area contributed by atoms with Crippen LogP contribution >= 0.6 is 11.6 Å². The number of anilines is 1. The van der Waals surface area contributed by atoms with Crippen LogP contribution in [0.2, 0.25) is 5.02 Å². The number of aliphatic hydroxyl groups is 1. The van der Waals surface area contributed by atoms with E-state index in [9.17, 15) is 23.1 Å². The normalized spacial score (nSPS) is 12.9. The van der Waals surface area contributed by atoms with Crippen LogP contribution in [-0.2, 0) is 14.9 Å². The number of rotatable bonds is 6. The fraction of sp³-hybridized carbons (Fsp3) is 0.222. The first-order chi connectivity index (χ1) is 12.8. The van der Waals surface area contributed by atoms with Gasteiger partial charge in [-0.2, -0.15) is 5.26 Å². The number of carbonyl (C=O) groups excluding carboxylic acids is 1. The van der Waals surface area contributed by atoms with Crippen molar-refractivity contribution in [1.82, 2.24) is 0 Å². The summed E-state index contributed by atoms with van der Waals surface area (Å²) in [5.41, 5.74) is -2.38. The third-order valence-corrected chi connectivity index (χ3v) is 4.39. The summed E-state index contributed by atoms with van der Waals surface area (Å²) in [5, 5.41) is 20.5. The molecule has 0 saturated heterocycles. The van der Waals surface area contributed by atoms with Crippen molar-refractivity contribution < 1.29 is 27.8 Å². The number of carbonyl (C=O) groups is 1. The minimum Gasteiger partial charge on any atom is -0.395 e. The van der Waals surface area contributed by atoms with Crippen LogP contribution in [0.25, 0.3) is 0 Å². The number of nitrogens with one attached hydrogen (secondary N) is 1. The van der Waals surface area contributed by atoms with Crippen LogP contribution in [0.1, 0.15) is 11.1 Å². The number of nitrogens with zero attached hydrogens (tertiary/aromatic N) is 1. The van der Waals surface area contributed by atoms with Gasteiger partial charge < -0.3 is 15.2 Å². The summed E-state index contributed by atoms with van der Waals surface area (Å²) in [4.78, 5) is 12.8. The summed E-state index contributed by atoms with van der Waals surface area (Å²) in [6.45, 7) is -1.23. The van der Waals surface area contributed by atoms with Crippen LogP contribution in [0.15, 0.2) is 30.3 Å². The average Bonchev–Trinajstić information content (AvgIpc) is 2.66. The monoisotopic (exact) mass is 398 g/mol. The van der Waals surface area contributed by atoms with Gasteiger partial charge in [0, 0.05) is 7.11 Å². The Morgan fingerprint density at radius 2 is 2.00 bits per heavy atom. The molecule has 1 unspecified atom stereocenters. The van der Waals surface area contributed by atoms with Crippen molar-refractivity contribution in [2.75, 3.05) is 25.6 Å². The molecular formula is C18H14ClF3N2O3. The van der Waals surface area contributed by atoms with E-state index in [4.69, 9.17) is 21.6 Å². The second-order valence-electron chi connectivity index (χ2n) is 5.66. The zero-order chi connectivity index (χ0) is 20.2. The molecule has 0 spiro atoms. The molecule has 5 nitrogen and oxygen atoms in total. The molecule has 0 saturated carbocycles. The first-order valence-corrected chi connectivity index (χ1v) is 7.93. The summed E-state index contributed by atoms with van der Waals surface area (Å²) in [5.74, 6) is -4.33. The molecule has 0 bridgehead atoms. The van der Waals surface area contributed by atoms with Crippen LogP contribution in [0.5, 0.6) is 0 Å². The van der Waals surface area contributed by atoms with Gasteiger partial charge in [0.2, 0.25) is 5.91 Å². The number of methoxy groups -OCH3 is 1. The van der Waals surface area contributed by atoms with E-state index in [1.54, 1.807) is 6.07 Å². The van der Waals surface area contributed by atoms with Gasteiger partial charge in [0.1, 0.15) is 11.5 Å². The molecular weight excluding hydrogens is 385 g/mol. The van der Waals surface area contributed by atoms with Crippen LogP contribution in [0.3, 0.4) is 0 Å². The van der Waals surface area contributed by atoms with E-state index in [1.807, 2.05) is 0 Å². The Bertz CT molecular complexity index is 917. The Kier molecular flexibility index (Phi) is 6.44. The van der Waals surface area contributed by atoms with Crippen molar-refractivity contribution in [3.05, 3.63) is 63.9 Å². The predicted octanol–water partition coefficient (Wildman–Crippen LogP) is 3.14. The first-order valence-electron chi connectivity index (χ1n) is 7.55. The van der Waals surface area contributed by atoms with Crippen molar-refractivity contribution in [3.8, 4) is 6.07 Å². The molecule has 142 valence electrons. The number of aliphatic hydroxyl groups excluding tert-OH is 1. The van der Waals surface area contributed by atoms with Crippen molar-refractivity contribution in [2.45, 2.75) is 5.41 Å². The standard InChI is InChI=1S/C18H14ClF3N2O3/c1-27-9-18(8-25,11-3-4-12(20)13(21)6-11)17(26)24-14-5-2-10(7-23)15(19)16(14)22/h2-6,25H,8-9H2,1H3,(H,24,26). The highest BCUT2D eigenvalue weighted by atomic mass is 35.5. The largest absolute Gasteiger partial charge is 0.395 e. The second-order valence-corrected chi connectivity index (χ2v) is 6.03. The maximum absolute atomic E-state index is 14.3. The minimum atomic E-state index is -1.84. The summed E-state index contributed by atoms with van der Waals surface area (Å²) in [6.07, 6.45) is 0. The predicted molar refractivity (Wildman–Crippen MR) is 91.8 cm³/mol. The molecule has 2 aromatic rings. The number of benzene rings is 2. The molecule has 0 aliphatic rings. The van der Waals surface area contributed by atoms with Gasteiger partial charge in [-0.3, -0.25) is 4.79 Å². The second kappa shape index (κ2) is 8.39. The minimum absolute atomic E-state index is 0.0663. The Balaban J connectivity index is 2.48. The smallest absolute Gasteiger partial charge is 0.239 e. The van der Waals surface area contributed by atoms with Crippen molar-refractivity contribution in [2.24, 2.45) is 0 Å². The lowest BCUT2D eigenvalue weighted by atomic mass is 9.80. The van der Waals surface area contributed by atoms with Crippen molar-refractivity contribution in [1.29, 1.82) is 5.26 Å². The van der Waals surface area contributed by atoms with E-state index in [-0.39, 0.29) is 16.8 Å². The van der Waals surface area contributed by atoms with Gasteiger partial charge in [-0.05, 0) is 29.8 Å². The van der Waals surface area contributed by atoms with Gasteiger partial charge in [0.25, 0.3) is 0 Å². The van der Waals surface area contributed by atoms with E-state index in [2.05, 4.69) is 5.32 Å². The summed E-state index contributed by atoms with van der Waals surface area (Å²) in [6, 6.07) is 6.70. The molecule has 27 heavy (non-hydrogen) atoms. The number of amides is 1. The van der Waals surface area contributed by atoms with Crippen LogP contribution < -0.4 is 5.32 Å². The molecule has 1 amide bonds. The lowest BCUT2D eigenvalue weighted by Crippen LogP contribution is -2.47. The number of halogens is 4. The van der Waals surface area contributed by atoms with Gasteiger partial charge in [-0.1, -0.05) is 17.7 Å². The van der Waals surface area contributed by atoms with E-state index >= 15 is 0 Å². The van der Waals surface area contributed by atoms with Gasteiger partial charge in [0.05, 0.1) is 29.5 Å². The molecule has 2 N–H and O–H groups in total. The topological polar surface area (TPSA) is 82.3 Å². The maximum atomic E-state index is 14.3. The number of hydrogen-bond acceptors (Lipinski definition) is 4. The highest BCUT2D eigenvalue weighted by Gasteiger charge is 2.41. The van der Waals surface area contributed by atoms with Crippen molar-refractivity contribution in [3.63, 3.8) is 0 Å². The third kappa shape index (κ3) is 3.90.